The highest BCUT2D eigenvalue weighted by Gasteiger charge is 2.36. The highest BCUT2D eigenvalue weighted by molar-refractivity contribution is 7.88. The molecule has 7 nitrogen and oxygen atoms in total. The third kappa shape index (κ3) is 4.04. The molecule has 0 unspecified atom stereocenters. The number of piperidine rings is 1. The van der Waals surface area contributed by atoms with Crippen LogP contribution in [0.15, 0.2) is 30.3 Å². The van der Waals surface area contributed by atoms with Crippen LogP contribution in [0.25, 0.3) is 0 Å². The number of nitrogens with zero attached hydrogens (tertiary/aromatic N) is 4. The topological polar surface area (TPSA) is 83.5 Å². The summed E-state index contributed by atoms with van der Waals surface area (Å²) in [4.78, 5) is 23.8. The first-order chi connectivity index (χ1) is 13.8. The monoisotopic (exact) mass is 414 g/mol. The van der Waals surface area contributed by atoms with Gasteiger partial charge in [0.05, 0.1) is 18.7 Å². The van der Waals surface area contributed by atoms with E-state index in [9.17, 15) is 13.2 Å². The van der Waals surface area contributed by atoms with E-state index in [2.05, 4.69) is 4.98 Å². The molecule has 29 heavy (non-hydrogen) atoms. The smallest absolute Gasteiger partial charge is 0.232 e. The zero-order valence-corrected chi connectivity index (χ0v) is 17.7. The molecule has 2 aliphatic rings. The number of anilines is 1. The van der Waals surface area contributed by atoms with E-state index in [1.54, 1.807) is 4.90 Å². The average molecular weight is 415 g/mol. The fraction of sp³-hybridized carbons (Fsp3) is 0.476. The Kier molecular flexibility index (Phi) is 5.40. The maximum absolute atomic E-state index is 12.7. The zero-order chi connectivity index (χ0) is 20.6. The lowest BCUT2D eigenvalue weighted by molar-refractivity contribution is -0.117. The molecule has 2 aliphatic heterocycles. The van der Waals surface area contributed by atoms with Crippen LogP contribution in [-0.4, -0.2) is 47.9 Å². The first-order valence-corrected chi connectivity index (χ1v) is 11.9. The number of aromatic nitrogens is 2. The number of benzene rings is 1. The zero-order valence-electron chi connectivity index (χ0n) is 16.8. The van der Waals surface area contributed by atoms with Crippen molar-refractivity contribution in [1.82, 2.24) is 14.3 Å². The maximum Gasteiger partial charge on any atom is 0.232 e. The molecule has 1 saturated heterocycles. The second-order valence-corrected chi connectivity index (χ2v) is 9.75. The van der Waals surface area contributed by atoms with Gasteiger partial charge in [-0.15, -0.1) is 0 Å². The first kappa shape index (κ1) is 20.0. The molecule has 2 aromatic rings. The molecular weight excluding hydrogens is 388 g/mol. The molecule has 1 aromatic carbocycles. The van der Waals surface area contributed by atoms with Crippen LogP contribution in [0.4, 0.5) is 5.82 Å². The molecule has 4 rings (SSSR count). The minimum absolute atomic E-state index is 0.0223. The second kappa shape index (κ2) is 7.84. The van der Waals surface area contributed by atoms with Gasteiger partial charge in [-0.1, -0.05) is 36.8 Å². The van der Waals surface area contributed by atoms with E-state index in [-0.39, 0.29) is 11.9 Å². The van der Waals surface area contributed by atoms with E-state index in [0.29, 0.717) is 37.6 Å². The summed E-state index contributed by atoms with van der Waals surface area (Å²) in [6.07, 6.45) is 4.76. The van der Waals surface area contributed by atoms with Gasteiger partial charge in [0.1, 0.15) is 11.6 Å². The number of amides is 1. The molecule has 1 amide bonds. The number of rotatable bonds is 5. The summed E-state index contributed by atoms with van der Waals surface area (Å²) in [5.74, 6) is 1.17. The van der Waals surface area contributed by atoms with E-state index < -0.39 is 10.0 Å². The fourth-order valence-electron chi connectivity index (χ4n) is 4.22. The Hall–Kier alpha value is -2.32. The van der Waals surface area contributed by atoms with Crippen molar-refractivity contribution >= 4 is 21.7 Å². The van der Waals surface area contributed by atoms with Crippen molar-refractivity contribution in [1.29, 1.82) is 0 Å². The van der Waals surface area contributed by atoms with Gasteiger partial charge in [-0.2, -0.15) is 4.31 Å². The van der Waals surface area contributed by atoms with Gasteiger partial charge in [-0.25, -0.2) is 18.4 Å². The van der Waals surface area contributed by atoms with Crippen molar-refractivity contribution in [3.05, 3.63) is 53.0 Å². The molecule has 0 saturated carbocycles. The minimum atomic E-state index is -3.35. The fourth-order valence-corrected chi connectivity index (χ4v) is 5.35. The van der Waals surface area contributed by atoms with Crippen LogP contribution in [0.2, 0.25) is 0 Å². The molecule has 0 spiro atoms. The quantitative estimate of drug-likeness (QED) is 0.750. The van der Waals surface area contributed by atoms with Gasteiger partial charge in [0, 0.05) is 24.3 Å². The molecule has 8 heteroatoms. The van der Waals surface area contributed by atoms with Gasteiger partial charge < -0.3 is 0 Å². The van der Waals surface area contributed by atoms with Crippen LogP contribution in [0.1, 0.15) is 47.9 Å². The summed E-state index contributed by atoms with van der Waals surface area (Å²) in [5.41, 5.74) is 2.78. The van der Waals surface area contributed by atoms with E-state index in [4.69, 9.17) is 4.98 Å². The molecule has 154 valence electrons. The third-order valence-electron chi connectivity index (χ3n) is 5.74. The predicted octanol–water partition coefficient (Wildman–Crippen LogP) is 2.40. The van der Waals surface area contributed by atoms with Gasteiger partial charge in [-0.3, -0.25) is 9.69 Å². The number of sulfonamides is 1. The molecule has 0 N–H and O–H groups in total. The normalized spacial score (nSPS) is 20.1. The molecule has 0 radical (unpaired) electrons. The summed E-state index contributed by atoms with van der Waals surface area (Å²) in [6, 6.07) is 9.67. The Labute approximate surface area is 171 Å². The largest absolute Gasteiger partial charge is 0.296 e. The van der Waals surface area contributed by atoms with Gasteiger partial charge in [0.25, 0.3) is 0 Å². The van der Waals surface area contributed by atoms with Crippen LogP contribution in [0.5, 0.6) is 0 Å². The van der Waals surface area contributed by atoms with Crippen molar-refractivity contribution in [2.24, 2.45) is 0 Å². The van der Waals surface area contributed by atoms with Crippen molar-refractivity contribution < 1.29 is 13.2 Å². The summed E-state index contributed by atoms with van der Waals surface area (Å²) in [6.45, 7) is 2.91. The van der Waals surface area contributed by atoms with E-state index in [1.165, 1.54) is 10.6 Å². The molecule has 0 bridgehead atoms. The Balaban J connectivity index is 1.65. The van der Waals surface area contributed by atoms with Gasteiger partial charge >= 0.3 is 0 Å². The average Bonchev–Trinajstić information content (AvgIpc) is 3.02. The summed E-state index contributed by atoms with van der Waals surface area (Å²) >= 11 is 0. The van der Waals surface area contributed by atoms with Gasteiger partial charge in [0.15, 0.2) is 0 Å². The molecule has 0 aliphatic carbocycles. The predicted molar refractivity (Wildman–Crippen MR) is 111 cm³/mol. The number of fused-ring (bicyclic) bond motifs is 1. The summed E-state index contributed by atoms with van der Waals surface area (Å²) in [7, 11) is -3.35. The Morgan fingerprint density at radius 2 is 1.90 bits per heavy atom. The lowest BCUT2D eigenvalue weighted by atomic mass is 10.0. The number of hydrogen-bond acceptors (Lipinski definition) is 5. The highest BCUT2D eigenvalue weighted by Crippen LogP contribution is 2.35. The number of carbonyl (C=O) groups is 1. The van der Waals surface area contributed by atoms with Crippen molar-refractivity contribution in [3.63, 3.8) is 0 Å². The number of hydrogen-bond donors (Lipinski definition) is 0. The van der Waals surface area contributed by atoms with Crippen LogP contribution >= 0.6 is 0 Å². The summed E-state index contributed by atoms with van der Waals surface area (Å²) < 4.78 is 26.0. The number of carbonyl (C=O) groups excluding carboxylic acids is 1. The highest BCUT2D eigenvalue weighted by atomic mass is 32.2. The lowest BCUT2D eigenvalue weighted by Gasteiger charge is -2.33. The maximum atomic E-state index is 12.7. The summed E-state index contributed by atoms with van der Waals surface area (Å²) in [5, 5.41) is 0. The van der Waals surface area contributed by atoms with Gasteiger partial charge in [0.2, 0.25) is 15.9 Å². The van der Waals surface area contributed by atoms with Crippen molar-refractivity contribution in [2.75, 3.05) is 24.2 Å². The lowest BCUT2D eigenvalue weighted by Crippen LogP contribution is -2.39. The minimum Gasteiger partial charge on any atom is -0.296 e. The molecular formula is C21H26N4O3S. The Bertz CT molecular complexity index is 1020. The van der Waals surface area contributed by atoms with Crippen LogP contribution < -0.4 is 4.90 Å². The van der Waals surface area contributed by atoms with Crippen LogP contribution in [-0.2, 0) is 27.7 Å². The van der Waals surface area contributed by atoms with Crippen LogP contribution in [0.3, 0.4) is 0 Å². The second-order valence-electron chi connectivity index (χ2n) is 7.81. The van der Waals surface area contributed by atoms with E-state index in [0.717, 1.165) is 36.1 Å². The van der Waals surface area contributed by atoms with Crippen molar-refractivity contribution in [3.8, 4) is 0 Å². The Morgan fingerprint density at radius 3 is 2.62 bits per heavy atom. The SMILES string of the molecule is Cc1nc([C@H]2CCCCN2S(C)(=O)=O)nc2c1CC(=O)N2CCc1ccccc1. The van der Waals surface area contributed by atoms with E-state index >= 15 is 0 Å². The van der Waals surface area contributed by atoms with Gasteiger partial charge in [-0.05, 0) is 31.7 Å². The third-order valence-corrected chi connectivity index (χ3v) is 7.03. The Morgan fingerprint density at radius 1 is 1.14 bits per heavy atom. The molecule has 1 atom stereocenters. The van der Waals surface area contributed by atoms with Crippen LogP contribution in [0, 0.1) is 6.92 Å². The molecule has 1 aromatic heterocycles. The van der Waals surface area contributed by atoms with E-state index in [1.807, 2.05) is 37.3 Å². The number of aryl methyl sites for hydroxylation is 1. The molecule has 3 heterocycles. The first-order valence-electron chi connectivity index (χ1n) is 10.0. The molecule has 1 fully saturated rings. The standard InChI is InChI=1S/C21H26N4O3S/c1-15-17-14-19(26)24(13-11-16-8-4-3-5-9-16)21(17)23-20(22-15)18-10-6-7-12-25(18)29(2,27)28/h3-5,8-9,18H,6-7,10-14H2,1-2H3/t18-/m1/s1. The van der Waals surface area contributed by atoms with Crippen molar-refractivity contribution in [2.45, 2.75) is 45.1 Å².